The lowest BCUT2D eigenvalue weighted by Gasteiger charge is -2.37. The van der Waals surface area contributed by atoms with E-state index in [1.54, 1.807) is 21.9 Å². The normalized spacial score (nSPS) is 24.3. The zero-order valence-corrected chi connectivity index (χ0v) is 13.9. The number of hydrogen-bond acceptors (Lipinski definition) is 3. The van der Waals surface area contributed by atoms with Gasteiger partial charge in [-0.3, -0.25) is 14.4 Å². The molecular formula is C18H23N3O3. The Morgan fingerprint density at radius 3 is 2.46 bits per heavy atom. The van der Waals surface area contributed by atoms with Crippen LogP contribution in [-0.2, 0) is 9.59 Å². The van der Waals surface area contributed by atoms with E-state index < -0.39 is 0 Å². The van der Waals surface area contributed by atoms with Gasteiger partial charge in [-0.05, 0) is 50.5 Å². The summed E-state index contributed by atoms with van der Waals surface area (Å²) in [6.07, 6.45) is 2.97. The third-order valence-electron chi connectivity index (χ3n) is 5.04. The number of carbonyl (C=O) groups excluding carboxylic acids is 3. The fourth-order valence-electron chi connectivity index (χ4n) is 3.49. The molecule has 0 radical (unpaired) electrons. The molecule has 2 atom stereocenters. The largest absolute Gasteiger partial charge is 0.369 e. The summed E-state index contributed by atoms with van der Waals surface area (Å²) in [4.78, 5) is 39.5. The van der Waals surface area contributed by atoms with Gasteiger partial charge in [0.25, 0.3) is 5.91 Å². The lowest BCUT2D eigenvalue weighted by molar-refractivity contribution is -0.123. The molecular weight excluding hydrogens is 306 g/mol. The van der Waals surface area contributed by atoms with Crippen LogP contribution in [0, 0.1) is 5.92 Å². The SMILES string of the molecule is C[C@@H]1CC[C@H](C(N)=O)CN1C(=O)c1ccc(N2CCCC2=O)cc1. The van der Waals surface area contributed by atoms with Crippen LogP contribution in [0.3, 0.4) is 0 Å². The molecule has 0 spiro atoms. The van der Waals surface area contributed by atoms with E-state index in [2.05, 4.69) is 0 Å². The molecule has 24 heavy (non-hydrogen) atoms. The minimum absolute atomic E-state index is 0.0900. The minimum Gasteiger partial charge on any atom is -0.369 e. The Labute approximate surface area is 141 Å². The van der Waals surface area contributed by atoms with Crippen LogP contribution in [0.4, 0.5) is 5.69 Å². The Morgan fingerprint density at radius 1 is 1.17 bits per heavy atom. The second-order valence-electron chi connectivity index (χ2n) is 6.68. The van der Waals surface area contributed by atoms with Gasteiger partial charge in [-0.1, -0.05) is 0 Å². The first kappa shape index (κ1) is 16.5. The summed E-state index contributed by atoms with van der Waals surface area (Å²) in [5.74, 6) is -0.579. The molecule has 1 aromatic carbocycles. The number of amides is 3. The summed E-state index contributed by atoms with van der Waals surface area (Å²) >= 11 is 0. The molecule has 0 saturated carbocycles. The topological polar surface area (TPSA) is 83.7 Å². The van der Waals surface area contributed by atoms with Crippen LogP contribution in [0.5, 0.6) is 0 Å². The molecule has 2 saturated heterocycles. The molecule has 1 aromatic rings. The van der Waals surface area contributed by atoms with Crippen molar-refractivity contribution >= 4 is 23.4 Å². The first-order valence-corrected chi connectivity index (χ1v) is 8.48. The van der Waals surface area contributed by atoms with E-state index in [4.69, 9.17) is 5.73 Å². The van der Waals surface area contributed by atoms with E-state index in [1.807, 2.05) is 19.1 Å². The van der Waals surface area contributed by atoms with Crippen LogP contribution >= 0.6 is 0 Å². The van der Waals surface area contributed by atoms with E-state index in [-0.39, 0.29) is 29.7 Å². The molecule has 0 aromatic heterocycles. The second kappa shape index (κ2) is 6.63. The summed E-state index contributed by atoms with van der Waals surface area (Å²) in [7, 11) is 0. The van der Waals surface area contributed by atoms with E-state index >= 15 is 0 Å². The van der Waals surface area contributed by atoms with Crippen molar-refractivity contribution < 1.29 is 14.4 Å². The van der Waals surface area contributed by atoms with Crippen molar-refractivity contribution in [3.63, 3.8) is 0 Å². The zero-order chi connectivity index (χ0) is 17.3. The highest BCUT2D eigenvalue weighted by Gasteiger charge is 2.32. The van der Waals surface area contributed by atoms with Gasteiger partial charge < -0.3 is 15.5 Å². The highest BCUT2D eigenvalue weighted by atomic mass is 16.2. The van der Waals surface area contributed by atoms with Crippen LogP contribution in [0.25, 0.3) is 0 Å². The molecule has 2 fully saturated rings. The Balaban J connectivity index is 1.74. The summed E-state index contributed by atoms with van der Waals surface area (Å²) in [6, 6.07) is 7.23. The fourth-order valence-corrected chi connectivity index (χ4v) is 3.49. The summed E-state index contributed by atoms with van der Waals surface area (Å²) in [6.45, 7) is 3.10. The predicted octanol–water partition coefficient (Wildman–Crippen LogP) is 1.54. The third-order valence-corrected chi connectivity index (χ3v) is 5.04. The van der Waals surface area contributed by atoms with Crippen molar-refractivity contribution in [2.45, 2.75) is 38.6 Å². The fraction of sp³-hybridized carbons (Fsp3) is 0.500. The Morgan fingerprint density at radius 2 is 1.88 bits per heavy atom. The van der Waals surface area contributed by atoms with Crippen LogP contribution in [0.2, 0.25) is 0 Å². The van der Waals surface area contributed by atoms with Crippen molar-refractivity contribution in [2.24, 2.45) is 11.7 Å². The van der Waals surface area contributed by atoms with Crippen molar-refractivity contribution in [1.82, 2.24) is 4.90 Å². The number of carbonyl (C=O) groups is 3. The van der Waals surface area contributed by atoms with Crippen molar-refractivity contribution in [1.29, 1.82) is 0 Å². The minimum atomic E-state index is -0.345. The molecule has 0 bridgehead atoms. The maximum Gasteiger partial charge on any atom is 0.254 e. The number of hydrogen-bond donors (Lipinski definition) is 1. The maximum atomic E-state index is 12.8. The number of anilines is 1. The molecule has 0 aliphatic carbocycles. The molecule has 2 heterocycles. The van der Waals surface area contributed by atoms with Crippen LogP contribution < -0.4 is 10.6 Å². The van der Waals surface area contributed by atoms with E-state index in [0.29, 0.717) is 18.5 Å². The van der Waals surface area contributed by atoms with E-state index in [0.717, 1.165) is 31.5 Å². The lowest BCUT2D eigenvalue weighted by Crippen LogP contribution is -2.48. The Kier molecular flexibility index (Phi) is 4.55. The first-order valence-electron chi connectivity index (χ1n) is 8.48. The van der Waals surface area contributed by atoms with Crippen LogP contribution in [-0.4, -0.2) is 41.8 Å². The Hall–Kier alpha value is -2.37. The second-order valence-corrected chi connectivity index (χ2v) is 6.68. The average molecular weight is 329 g/mol. The number of nitrogens with two attached hydrogens (primary N) is 1. The van der Waals surface area contributed by atoms with E-state index in [9.17, 15) is 14.4 Å². The van der Waals surface area contributed by atoms with Gasteiger partial charge in [-0.2, -0.15) is 0 Å². The third kappa shape index (κ3) is 3.13. The zero-order valence-electron chi connectivity index (χ0n) is 13.9. The van der Waals surface area contributed by atoms with Crippen LogP contribution in [0.15, 0.2) is 24.3 Å². The van der Waals surface area contributed by atoms with Gasteiger partial charge in [-0.15, -0.1) is 0 Å². The highest BCUT2D eigenvalue weighted by molar-refractivity contribution is 5.98. The summed E-state index contributed by atoms with van der Waals surface area (Å²) in [5.41, 5.74) is 6.80. The van der Waals surface area contributed by atoms with Gasteiger partial charge in [0.05, 0.1) is 5.92 Å². The Bertz CT molecular complexity index is 656. The monoisotopic (exact) mass is 329 g/mol. The quantitative estimate of drug-likeness (QED) is 0.913. The molecule has 2 aliphatic heterocycles. The number of likely N-dealkylation sites (tertiary alicyclic amines) is 1. The van der Waals surface area contributed by atoms with Crippen molar-refractivity contribution in [3.05, 3.63) is 29.8 Å². The number of primary amides is 1. The van der Waals surface area contributed by atoms with Gasteiger partial charge in [0, 0.05) is 36.8 Å². The molecule has 6 heteroatoms. The van der Waals surface area contributed by atoms with E-state index in [1.165, 1.54) is 0 Å². The molecule has 3 amide bonds. The predicted molar refractivity (Wildman–Crippen MR) is 90.4 cm³/mol. The lowest BCUT2D eigenvalue weighted by atomic mass is 9.92. The molecule has 128 valence electrons. The van der Waals surface area contributed by atoms with Gasteiger partial charge >= 0.3 is 0 Å². The molecule has 0 unspecified atom stereocenters. The molecule has 3 rings (SSSR count). The van der Waals surface area contributed by atoms with Gasteiger partial charge in [0.2, 0.25) is 11.8 Å². The summed E-state index contributed by atoms with van der Waals surface area (Å²) < 4.78 is 0. The number of nitrogens with zero attached hydrogens (tertiary/aromatic N) is 2. The average Bonchev–Trinajstić information content (AvgIpc) is 3.00. The first-order chi connectivity index (χ1) is 11.5. The smallest absolute Gasteiger partial charge is 0.254 e. The molecule has 2 aliphatic rings. The maximum absolute atomic E-state index is 12.8. The molecule has 6 nitrogen and oxygen atoms in total. The highest BCUT2D eigenvalue weighted by Crippen LogP contribution is 2.25. The number of rotatable bonds is 3. The number of piperidine rings is 1. The van der Waals surface area contributed by atoms with Gasteiger partial charge in [0.1, 0.15) is 0 Å². The summed E-state index contributed by atoms with van der Waals surface area (Å²) in [5, 5.41) is 0. The van der Waals surface area contributed by atoms with Crippen molar-refractivity contribution in [3.8, 4) is 0 Å². The van der Waals surface area contributed by atoms with Gasteiger partial charge in [-0.25, -0.2) is 0 Å². The van der Waals surface area contributed by atoms with Gasteiger partial charge in [0.15, 0.2) is 0 Å². The standard InChI is InChI=1S/C18H23N3O3/c1-12-4-5-14(17(19)23)11-21(12)18(24)13-6-8-15(9-7-13)20-10-2-3-16(20)22/h6-9,12,14H,2-5,10-11H2,1H3,(H2,19,23)/t12-,14+/m1/s1. The number of benzene rings is 1. The van der Waals surface area contributed by atoms with Crippen LogP contribution in [0.1, 0.15) is 43.0 Å². The van der Waals surface area contributed by atoms with Crippen molar-refractivity contribution in [2.75, 3.05) is 18.0 Å². The molecule has 2 N–H and O–H groups in total.